The number of fused-ring (bicyclic) bond motifs is 1. The zero-order valence-electron chi connectivity index (χ0n) is 19.5. The molecule has 0 aliphatic carbocycles. The van der Waals surface area contributed by atoms with Gasteiger partial charge in [-0.3, -0.25) is 4.90 Å². The van der Waals surface area contributed by atoms with Crippen LogP contribution in [-0.4, -0.2) is 62.4 Å². The summed E-state index contributed by atoms with van der Waals surface area (Å²) in [5.74, 6) is 0.840. The van der Waals surface area contributed by atoms with Crippen LogP contribution in [-0.2, 0) is 16.6 Å². The fraction of sp³-hybridized carbons (Fsp3) is 0.435. The van der Waals surface area contributed by atoms with Gasteiger partial charge in [0.05, 0.1) is 15.1 Å². The predicted molar refractivity (Wildman–Crippen MR) is 142 cm³/mol. The van der Waals surface area contributed by atoms with Gasteiger partial charge in [0, 0.05) is 45.5 Å². The molecule has 0 bridgehead atoms. The summed E-state index contributed by atoms with van der Waals surface area (Å²) >= 11 is 2.22. The van der Waals surface area contributed by atoms with Gasteiger partial charge < -0.3 is 20.2 Å². The third-order valence-corrected chi connectivity index (χ3v) is 8.85. The minimum atomic E-state index is -3.52. The molecule has 0 unspecified atom stereocenters. The number of rotatable bonds is 8. The molecule has 11 heteroatoms. The first-order valence-electron chi connectivity index (χ1n) is 11.2. The first-order chi connectivity index (χ1) is 16.2. The Balaban J connectivity index is 1.37. The maximum Gasteiger partial charge on any atom is 0.295 e. The fourth-order valence-corrected chi connectivity index (χ4v) is 5.43. The van der Waals surface area contributed by atoms with Crippen molar-refractivity contribution in [2.45, 2.75) is 37.2 Å². The molecule has 3 N–H and O–H groups in total. The highest BCUT2D eigenvalue weighted by molar-refractivity contribution is 14.1. The summed E-state index contributed by atoms with van der Waals surface area (Å²) in [4.78, 5) is 7.07. The highest BCUT2D eigenvalue weighted by Crippen LogP contribution is 2.30. The van der Waals surface area contributed by atoms with Crippen LogP contribution in [0.5, 0.6) is 5.75 Å². The highest BCUT2D eigenvalue weighted by Gasteiger charge is 2.23. The molecule has 184 valence electrons. The second-order valence-corrected chi connectivity index (χ2v) is 11.8. The van der Waals surface area contributed by atoms with E-state index in [0.29, 0.717) is 23.7 Å². The van der Waals surface area contributed by atoms with Gasteiger partial charge in [-0.1, -0.05) is 0 Å². The van der Waals surface area contributed by atoms with Gasteiger partial charge >= 0.3 is 0 Å². The second-order valence-electron chi connectivity index (χ2n) is 8.56. The van der Waals surface area contributed by atoms with Crippen molar-refractivity contribution in [2.75, 3.05) is 44.8 Å². The number of nitrogens with two attached hydrogens (primary N) is 1. The van der Waals surface area contributed by atoms with Crippen molar-refractivity contribution in [1.29, 1.82) is 0 Å². The molecule has 2 aromatic carbocycles. The van der Waals surface area contributed by atoms with Gasteiger partial charge in [0.2, 0.25) is 10.0 Å². The lowest BCUT2D eigenvalue weighted by molar-refractivity contribution is 0.210. The van der Waals surface area contributed by atoms with Crippen molar-refractivity contribution < 1.29 is 17.6 Å². The van der Waals surface area contributed by atoms with Crippen LogP contribution >= 0.6 is 22.6 Å². The lowest BCUT2D eigenvalue weighted by atomic mass is 10.0. The Kier molecular flexibility index (Phi) is 7.55. The minimum absolute atomic E-state index is 0.196. The van der Waals surface area contributed by atoms with E-state index in [9.17, 15) is 8.42 Å². The highest BCUT2D eigenvalue weighted by atomic mass is 127. The summed E-state index contributed by atoms with van der Waals surface area (Å²) in [5.41, 5.74) is 9.14. The molecule has 0 atom stereocenters. The summed E-state index contributed by atoms with van der Waals surface area (Å²) in [6, 6.07) is 9.49. The molecule has 1 aliphatic heterocycles. The van der Waals surface area contributed by atoms with Crippen molar-refractivity contribution in [3.63, 3.8) is 0 Å². The number of ether oxygens (including phenoxy) is 1. The van der Waals surface area contributed by atoms with Gasteiger partial charge in [-0.2, -0.15) is 4.98 Å². The van der Waals surface area contributed by atoms with Gasteiger partial charge in [0.15, 0.2) is 5.58 Å². The molecule has 0 spiro atoms. The third kappa shape index (κ3) is 5.42. The van der Waals surface area contributed by atoms with E-state index in [-0.39, 0.29) is 10.9 Å². The molecule has 1 aliphatic rings. The molecule has 34 heavy (non-hydrogen) atoms. The summed E-state index contributed by atoms with van der Waals surface area (Å²) in [6.07, 6.45) is 1.88. The number of piperidine rings is 1. The molecule has 3 aromatic rings. The maximum absolute atomic E-state index is 12.4. The van der Waals surface area contributed by atoms with Crippen LogP contribution in [0.2, 0.25) is 0 Å². The van der Waals surface area contributed by atoms with Crippen LogP contribution in [0.4, 0.5) is 11.7 Å². The predicted octanol–water partition coefficient (Wildman–Crippen LogP) is 3.74. The molecular formula is C23H30IN5O4S. The SMILES string of the molecule is CCOc1cc(CN2CCC(Nc3nc4cc(S(=O)(=O)N(C)C)ccc4o3)CC2)cc(N)c1I. The van der Waals surface area contributed by atoms with Crippen molar-refractivity contribution in [3.8, 4) is 5.75 Å². The number of hydrogen-bond donors (Lipinski definition) is 2. The molecule has 4 rings (SSSR count). The maximum atomic E-state index is 12.4. The average molecular weight is 599 g/mol. The number of nitrogen functional groups attached to an aromatic ring is 1. The number of halogens is 1. The lowest BCUT2D eigenvalue weighted by Crippen LogP contribution is -2.38. The third-order valence-electron chi connectivity index (χ3n) is 5.89. The number of anilines is 2. The molecule has 0 amide bonds. The number of oxazole rings is 1. The zero-order chi connectivity index (χ0) is 24.5. The minimum Gasteiger partial charge on any atom is -0.493 e. The van der Waals surface area contributed by atoms with E-state index in [1.165, 1.54) is 18.4 Å². The first kappa shape index (κ1) is 25.0. The van der Waals surface area contributed by atoms with E-state index >= 15 is 0 Å². The number of likely N-dealkylation sites (tertiary alicyclic amines) is 1. The van der Waals surface area contributed by atoms with E-state index in [1.54, 1.807) is 18.2 Å². The number of benzene rings is 2. The molecule has 0 radical (unpaired) electrons. The van der Waals surface area contributed by atoms with Crippen molar-refractivity contribution in [2.24, 2.45) is 0 Å². The standard InChI is InChI=1S/C23H30IN5O4S/c1-4-32-21-12-15(11-18(25)22(21)24)14-29-9-7-16(8-10-29)26-23-27-19-13-17(5-6-20(19)33-23)34(30,31)28(2)3/h5-6,11-13,16H,4,7-10,14,25H2,1-3H3,(H,26,27). The van der Waals surface area contributed by atoms with Gasteiger partial charge in [0.25, 0.3) is 6.01 Å². The van der Waals surface area contributed by atoms with Crippen LogP contribution in [0.25, 0.3) is 11.1 Å². The van der Waals surface area contributed by atoms with Crippen LogP contribution in [0.15, 0.2) is 39.6 Å². The Labute approximate surface area is 213 Å². The number of nitrogens with one attached hydrogen (secondary N) is 1. The second kappa shape index (κ2) is 10.3. The number of aromatic nitrogens is 1. The quantitative estimate of drug-likeness (QED) is 0.298. The molecule has 2 heterocycles. The smallest absolute Gasteiger partial charge is 0.295 e. The topological polar surface area (TPSA) is 114 Å². The first-order valence-corrected chi connectivity index (χ1v) is 13.7. The molecule has 1 aromatic heterocycles. The fourth-order valence-electron chi connectivity index (χ4n) is 4.04. The van der Waals surface area contributed by atoms with Gasteiger partial charge in [-0.25, -0.2) is 12.7 Å². The number of sulfonamides is 1. The Hall–Kier alpha value is -2.09. The average Bonchev–Trinajstić information content (AvgIpc) is 3.20. The van der Waals surface area contributed by atoms with Crippen molar-refractivity contribution in [3.05, 3.63) is 39.5 Å². The Morgan fingerprint density at radius 2 is 2.00 bits per heavy atom. The summed E-state index contributed by atoms with van der Waals surface area (Å²) in [7, 11) is -0.506. The summed E-state index contributed by atoms with van der Waals surface area (Å²) < 4.78 is 38.4. The van der Waals surface area contributed by atoms with Gasteiger partial charge in [0.1, 0.15) is 11.3 Å². The van der Waals surface area contributed by atoms with Crippen molar-refractivity contribution >= 4 is 55.4 Å². The molecule has 0 saturated carbocycles. The van der Waals surface area contributed by atoms with Crippen molar-refractivity contribution in [1.82, 2.24) is 14.2 Å². The normalized spacial score (nSPS) is 15.8. The van der Waals surface area contributed by atoms with Gasteiger partial charge in [-0.15, -0.1) is 0 Å². The van der Waals surface area contributed by atoms with Crippen LogP contribution in [0.1, 0.15) is 25.3 Å². The van der Waals surface area contributed by atoms with E-state index in [4.69, 9.17) is 14.9 Å². The van der Waals surface area contributed by atoms with Crippen LogP contribution < -0.4 is 15.8 Å². The Bertz CT molecular complexity index is 1270. The molecular weight excluding hydrogens is 569 g/mol. The monoisotopic (exact) mass is 599 g/mol. The zero-order valence-corrected chi connectivity index (χ0v) is 22.5. The van der Waals surface area contributed by atoms with E-state index in [2.05, 4.69) is 43.9 Å². The van der Waals surface area contributed by atoms with E-state index < -0.39 is 10.0 Å². The van der Waals surface area contributed by atoms with Gasteiger partial charge in [-0.05, 0) is 78.3 Å². The molecule has 9 nitrogen and oxygen atoms in total. The van der Waals surface area contributed by atoms with E-state index in [0.717, 1.165) is 53.0 Å². The number of nitrogens with zero attached hydrogens (tertiary/aromatic N) is 3. The van der Waals surface area contributed by atoms with Crippen LogP contribution in [0.3, 0.4) is 0 Å². The number of hydrogen-bond acceptors (Lipinski definition) is 8. The summed E-state index contributed by atoms with van der Waals surface area (Å²) in [5, 5.41) is 3.37. The molecule has 1 saturated heterocycles. The summed E-state index contributed by atoms with van der Waals surface area (Å²) in [6.45, 7) is 5.26. The largest absolute Gasteiger partial charge is 0.493 e. The molecule has 1 fully saturated rings. The Morgan fingerprint density at radius 3 is 2.68 bits per heavy atom. The Morgan fingerprint density at radius 1 is 1.26 bits per heavy atom. The van der Waals surface area contributed by atoms with E-state index in [1.807, 2.05) is 13.0 Å². The van der Waals surface area contributed by atoms with Crippen LogP contribution in [0, 0.1) is 3.57 Å². The lowest BCUT2D eigenvalue weighted by Gasteiger charge is -2.32.